The molecule has 2 aromatic rings. The minimum Gasteiger partial charge on any atom is -0.496 e. The third-order valence-corrected chi connectivity index (χ3v) is 5.97. The number of likely N-dealkylation sites (tertiary alicyclic amines) is 1. The van der Waals surface area contributed by atoms with Gasteiger partial charge in [0.05, 0.1) is 25.4 Å². The highest BCUT2D eigenvalue weighted by Gasteiger charge is 2.48. The average Bonchev–Trinajstić information content (AvgIpc) is 2.76. The van der Waals surface area contributed by atoms with Crippen molar-refractivity contribution in [2.24, 2.45) is 0 Å². The molecule has 0 radical (unpaired) electrons. The number of hydrogen-bond donors (Lipinski definition) is 2. The van der Waals surface area contributed by atoms with E-state index in [0.717, 1.165) is 11.1 Å². The van der Waals surface area contributed by atoms with Gasteiger partial charge < -0.3 is 19.7 Å². The summed E-state index contributed by atoms with van der Waals surface area (Å²) in [4.78, 5) is 14.8. The zero-order chi connectivity index (χ0) is 23.4. The number of hydrogen-bond acceptors (Lipinski definition) is 5. The number of carbonyl (C=O) groups is 1. The first-order valence-corrected chi connectivity index (χ1v) is 11.2. The van der Waals surface area contributed by atoms with Crippen LogP contribution in [-0.2, 0) is 4.74 Å². The van der Waals surface area contributed by atoms with Gasteiger partial charge in [-0.1, -0.05) is 48.5 Å². The Morgan fingerprint density at radius 3 is 2.44 bits per heavy atom. The van der Waals surface area contributed by atoms with E-state index in [-0.39, 0.29) is 18.9 Å². The molecule has 1 heterocycles. The molecule has 1 aliphatic heterocycles. The van der Waals surface area contributed by atoms with Crippen molar-refractivity contribution in [1.82, 2.24) is 4.90 Å². The van der Waals surface area contributed by atoms with Crippen LogP contribution in [-0.4, -0.2) is 52.7 Å². The molecule has 0 aliphatic carbocycles. The second kappa shape index (κ2) is 9.92. The smallest absolute Gasteiger partial charge is 0.410 e. The molecule has 2 aromatic carbocycles. The highest BCUT2D eigenvalue weighted by atomic mass is 16.6. The number of rotatable bonds is 6. The van der Waals surface area contributed by atoms with Gasteiger partial charge in [0, 0.05) is 12.5 Å². The van der Waals surface area contributed by atoms with Crippen molar-refractivity contribution in [2.45, 2.75) is 63.2 Å². The number of ether oxygens (including phenoxy) is 2. The predicted octanol–water partition coefficient (Wildman–Crippen LogP) is 4.66. The van der Waals surface area contributed by atoms with E-state index >= 15 is 0 Å². The molecule has 1 saturated heterocycles. The lowest BCUT2D eigenvalue weighted by molar-refractivity contribution is -0.0955. The summed E-state index contributed by atoms with van der Waals surface area (Å²) in [6.45, 7) is 5.86. The maximum atomic E-state index is 13.1. The number of benzene rings is 2. The Bertz CT molecular complexity index is 895. The van der Waals surface area contributed by atoms with Crippen molar-refractivity contribution in [3.05, 3.63) is 65.7 Å². The Labute approximate surface area is 190 Å². The molecule has 6 heteroatoms. The number of nitrogens with zero attached hydrogens (tertiary/aromatic N) is 1. The molecular formula is C26H35NO5. The van der Waals surface area contributed by atoms with Gasteiger partial charge in [-0.2, -0.15) is 0 Å². The number of aliphatic hydroxyl groups excluding tert-OH is 1. The predicted molar refractivity (Wildman–Crippen MR) is 124 cm³/mol. The maximum absolute atomic E-state index is 13.1. The molecule has 32 heavy (non-hydrogen) atoms. The van der Waals surface area contributed by atoms with E-state index in [2.05, 4.69) is 0 Å². The van der Waals surface area contributed by atoms with Crippen molar-refractivity contribution in [2.75, 3.05) is 20.3 Å². The van der Waals surface area contributed by atoms with Gasteiger partial charge in [0.1, 0.15) is 11.4 Å². The van der Waals surface area contributed by atoms with Crippen LogP contribution in [0.2, 0.25) is 0 Å². The van der Waals surface area contributed by atoms with Gasteiger partial charge in [0.2, 0.25) is 0 Å². The van der Waals surface area contributed by atoms with Gasteiger partial charge in [-0.15, -0.1) is 0 Å². The Balaban J connectivity index is 2.00. The maximum Gasteiger partial charge on any atom is 0.410 e. The first kappa shape index (κ1) is 24.1. The first-order valence-electron chi connectivity index (χ1n) is 11.2. The van der Waals surface area contributed by atoms with Crippen molar-refractivity contribution in [1.29, 1.82) is 0 Å². The normalized spacial score (nSPS) is 22.3. The van der Waals surface area contributed by atoms with Gasteiger partial charge >= 0.3 is 6.09 Å². The number of piperidine rings is 1. The Kier molecular flexibility index (Phi) is 7.47. The zero-order valence-corrected chi connectivity index (χ0v) is 19.5. The third-order valence-electron chi connectivity index (χ3n) is 5.97. The van der Waals surface area contributed by atoms with Crippen LogP contribution in [0.3, 0.4) is 0 Å². The minimum absolute atomic E-state index is 0.142. The lowest BCUT2D eigenvalue weighted by atomic mass is 9.74. The number of para-hydroxylation sites is 1. The number of amides is 1. The molecule has 1 fully saturated rings. The lowest BCUT2D eigenvalue weighted by Gasteiger charge is -2.48. The van der Waals surface area contributed by atoms with E-state index < -0.39 is 23.3 Å². The van der Waals surface area contributed by atoms with E-state index in [9.17, 15) is 15.0 Å². The van der Waals surface area contributed by atoms with Gasteiger partial charge in [-0.05, 0) is 57.2 Å². The molecule has 6 nitrogen and oxygen atoms in total. The molecule has 3 rings (SSSR count). The van der Waals surface area contributed by atoms with Crippen molar-refractivity contribution in [3.63, 3.8) is 0 Å². The number of carbonyl (C=O) groups excluding carboxylic acids is 1. The summed E-state index contributed by atoms with van der Waals surface area (Å²) in [5.41, 5.74) is -0.201. The van der Waals surface area contributed by atoms with Crippen LogP contribution in [0.1, 0.15) is 63.1 Å². The first-order chi connectivity index (χ1) is 15.2. The summed E-state index contributed by atoms with van der Waals surface area (Å²) in [7, 11) is 1.60. The van der Waals surface area contributed by atoms with Gasteiger partial charge in [-0.25, -0.2) is 4.79 Å². The SMILES string of the molecule is COc1ccccc1[C@@H](CO)C[C@]1(O)CCCN(C(=O)OC(C)(C)C)[C@H]1c1ccccc1. The highest BCUT2D eigenvalue weighted by molar-refractivity contribution is 5.69. The van der Waals surface area contributed by atoms with Crippen LogP contribution in [0.5, 0.6) is 5.75 Å². The van der Waals surface area contributed by atoms with Gasteiger partial charge in [-0.3, -0.25) is 4.90 Å². The van der Waals surface area contributed by atoms with E-state index in [4.69, 9.17) is 9.47 Å². The quantitative estimate of drug-likeness (QED) is 0.681. The molecule has 2 N–H and O–H groups in total. The topological polar surface area (TPSA) is 79.2 Å². The Morgan fingerprint density at radius 2 is 1.81 bits per heavy atom. The highest BCUT2D eigenvalue weighted by Crippen LogP contribution is 2.46. The van der Waals surface area contributed by atoms with E-state index in [1.54, 1.807) is 12.0 Å². The van der Waals surface area contributed by atoms with Crippen LogP contribution in [0.4, 0.5) is 4.79 Å². The van der Waals surface area contributed by atoms with Gasteiger partial charge in [0.25, 0.3) is 0 Å². The van der Waals surface area contributed by atoms with Crippen LogP contribution in [0.25, 0.3) is 0 Å². The Hall–Kier alpha value is -2.57. The molecule has 3 atom stereocenters. The Morgan fingerprint density at radius 1 is 1.16 bits per heavy atom. The number of aliphatic hydroxyl groups is 2. The second-order valence-electron chi connectivity index (χ2n) is 9.52. The molecule has 174 valence electrons. The molecule has 1 aliphatic rings. The molecule has 0 saturated carbocycles. The van der Waals surface area contributed by atoms with Crippen LogP contribution in [0.15, 0.2) is 54.6 Å². The summed E-state index contributed by atoms with van der Waals surface area (Å²) in [6.07, 6.45) is 0.992. The van der Waals surface area contributed by atoms with Crippen LogP contribution in [0, 0.1) is 0 Å². The number of methoxy groups -OCH3 is 1. The molecule has 0 spiro atoms. The van der Waals surface area contributed by atoms with Crippen molar-refractivity contribution in [3.8, 4) is 5.75 Å². The molecular weight excluding hydrogens is 406 g/mol. The van der Waals surface area contributed by atoms with Crippen LogP contribution >= 0.6 is 0 Å². The second-order valence-corrected chi connectivity index (χ2v) is 9.52. The fourth-order valence-corrected chi connectivity index (χ4v) is 4.67. The molecule has 0 bridgehead atoms. The summed E-state index contributed by atoms with van der Waals surface area (Å²) >= 11 is 0. The fraction of sp³-hybridized carbons (Fsp3) is 0.500. The van der Waals surface area contributed by atoms with E-state index in [1.807, 2.05) is 75.4 Å². The molecule has 0 unspecified atom stereocenters. The van der Waals surface area contributed by atoms with Crippen molar-refractivity contribution >= 4 is 6.09 Å². The summed E-state index contributed by atoms with van der Waals surface area (Å²) in [5.74, 6) is 0.326. The van der Waals surface area contributed by atoms with E-state index in [0.29, 0.717) is 25.1 Å². The van der Waals surface area contributed by atoms with E-state index in [1.165, 1.54) is 0 Å². The summed E-state index contributed by atoms with van der Waals surface area (Å²) in [6, 6.07) is 16.5. The van der Waals surface area contributed by atoms with Crippen molar-refractivity contribution < 1.29 is 24.5 Å². The standard InChI is InChI=1S/C26H35NO5/c1-25(2,3)32-24(29)27-16-10-15-26(30,23(27)19-11-6-5-7-12-19)17-20(18-28)21-13-8-9-14-22(21)31-4/h5-9,11-14,20,23,28,30H,10,15-18H2,1-4H3/t20-,23+,26-/m1/s1. The lowest BCUT2D eigenvalue weighted by Crippen LogP contribution is -2.54. The average molecular weight is 442 g/mol. The third kappa shape index (κ3) is 5.43. The van der Waals surface area contributed by atoms with Crippen LogP contribution < -0.4 is 4.74 Å². The monoisotopic (exact) mass is 441 g/mol. The summed E-state index contributed by atoms with van der Waals surface area (Å²) < 4.78 is 11.2. The van der Waals surface area contributed by atoms with Gasteiger partial charge in [0.15, 0.2) is 0 Å². The fourth-order valence-electron chi connectivity index (χ4n) is 4.67. The largest absolute Gasteiger partial charge is 0.496 e. The summed E-state index contributed by atoms with van der Waals surface area (Å²) in [5, 5.41) is 22.3. The molecule has 0 aromatic heterocycles. The zero-order valence-electron chi connectivity index (χ0n) is 19.5. The minimum atomic E-state index is -1.25. The molecule has 1 amide bonds.